The van der Waals surface area contributed by atoms with Gasteiger partial charge in [0.15, 0.2) is 5.13 Å². The van der Waals surface area contributed by atoms with Crippen molar-refractivity contribution in [1.29, 1.82) is 0 Å². The summed E-state index contributed by atoms with van der Waals surface area (Å²) in [6.07, 6.45) is -0.491. The highest BCUT2D eigenvalue weighted by atomic mass is 32.1. The van der Waals surface area contributed by atoms with Crippen molar-refractivity contribution in [2.24, 2.45) is 0 Å². The second-order valence-corrected chi connectivity index (χ2v) is 4.12. The molecule has 0 aliphatic heterocycles. The number of hydrogen-bond donors (Lipinski definition) is 2. The average Bonchev–Trinajstić information content (AvgIpc) is 2.59. The van der Waals surface area contributed by atoms with Crippen LogP contribution in [0.5, 0.6) is 0 Å². The summed E-state index contributed by atoms with van der Waals surface area (Å²) < 4.78 is 5.69. The van der Waals surface area contributed by atoms with Gasteiger partial charge in [0.05, 0.1) is 16.8 Å². The number of amides is 1. The maximum absolute atomic E-state index is 11.2. The van der Waals surface area contributed by atoms with E-state index in [1.54, 1.807) is 13.0 Å². The van der Waals surface area contributed by atoms with Crippen LogP contribution in [-0.2, 0) is 4.74 Å². The van der Waals surface area contributed by atoms with Gasteiger partial charge in [-0.25, -0.2) is 9.78 Å². The topological polar surface area (TPSA) is 77.2 Å². The Kier molecular flexibility index (Phi) is 2.91. The van der Waals surface area contributed by atoms with E-state index >= 15 is 0 Å². The number of nitrogens with one attached hydrogen (secondary N) is 1. The zero-order valence-electron chi connectivity index (χ0n) is 8.69. The highest BCUT2D eigenvalue weighted by Crippen LogP contribution is 2.27. The molecule has 3 N–H and O–H groups in total. The number of nitrogens with two attached hydrogens (primary N) is 1. The number of fused-ring (bicyclic) bond motifs is 1. The molecule has 0 aliphatic rings. The van der Waals surface area contributed by atoms with Gasteiger partial charge in [0.2, 0.25) is 0 Å². The maximum Gasteiger partial charge on any atom is 0.413 e. The fraction of sp³-hybridized carbons (Fsp3) is 0.200. The lowest BCUT2D eigenvalue weighted by Crippen LogP contribution is -2.12. The first-order chi connectivity index (χ1) is 7.69. The van der Waals surface area contributed by atoms with Crippen LogP contribution in [-0.4, -0.2) is 17.7 Å². The van der Waals surface area contributed by atoms with Gasteiger partial charge >= 0.3 is 6.09 Å². The van der Waals surface area contributed by atoms with E-state index in [4.69, 9.17) is 10.5 Å². The van der Waals surface area contributed by atoms with Crippen LogP contribution >= 0.6 is 11.3 Å². The average molecular weight is 237 g/mol. The van der Waals surface area contributed by atoms with Crippen LogP contribution in [0.4, 0.5) is 15.6 Å². The van der Waals surface area contributed by atoms with Crippen LogP contribution < -0.4 is 11.1 Å². The third kappa shape index (κ3) is 2.22. The summed E-state index contributed by atoms with van der Waals surface area (Å²) in [7, 11) is 0. The monoisotopic (exact) mass is 237 g/mol. The van der Waals surface area contributed by atoms with Crippen molar-refractivity contribution in [2.45, 2.75) is 6.92 Å². The Morgan fingerprint density at radius 2 is 2.44 bits per heavy atom. The van der Waals surface area contributed by atoms with Crippen molar-refractivity contribution in [1.82, 2.24) is 4.98 Å². The van der Waals surface area contributed by atoms with E-state index in [2.05, 4.69) is 10.3 Å². The van der Waals surface area contributed by atoms with E-state index in [0.29, 0.717) is 17.4 Å². The zero-order valence-corrected chi connectivity index (χ0v) is 9.50. The summed E-state index contributed by atoms with van der Waals surface area (Å²) >= 11 is 1.36. The molecule has 0 atom stereocenters. The number of ether oxygens (including phenoxy) is 1. The van der Waals surface area contributed by atoms with E-state index in [-0.39, 0.29) is 0 Å². The van der Waals surface area contributed by atoms with E-state index in [0.717, 1.165) is 10.2 Å². The molecule has 2 aromatic rings. The molecule has 6 heteroatoms. The summed E-state index contributed by atoms with van der Waals surface area (Å²) in [4.78, 5) is 15.4. The molecule has 16 heavy (non-hydrogen) atoms. The summed E-state index contributed by atoms with van der Waals surface area (Å²) in [5.74, 6) is 0. The quantitative estimate of drug-likeness (QED) is 0.786. The van der Waals surface area contributed by atoms with Gasteiger partial charge in [0.25, 0.3) is 0 Å². The first kappa shape index (κ1) is 10.7. The maximum atomic E-state index is 11.2. The summed E-state index contributed by atoms with van der Waals surface area (Å²) in [5, 5.41) is 3.07. The van der Waals surface area contributed by atoms with Crippen LogP contribution in [0.25, 0.3) is 10.2 Å². The van der Waals surface area contributed by atoms with Crippen LogP contribution in [0.2, 0.25) is 0 Å². The summed E-state index contributed by atoms with van der Waals surface area (Å²) in [6, 6.07) is 5.41. The van der Waals surface area contributed by atoms with Gasteiger partial charge in [-0.2, -0.15) is 0 Å². The molecule has 0 radical (unpaired) electrons. The number of nitrogens with zero attached hydrogens (tertiary/aromatic N) is 1. The fourth-order valence-electron chi connectivity index (χ4n) is 1.25. The normalized spacial score (nSPS) is 10.3. The number of carbonyl (C=O) groups excluding carboxylic acids is 1. The van der Waals surface area contributed by atoms with Crippen molar-refractivity contribution in [2.75, 3.05) is 17.7 Å². The number of aromatic nitrogens is 1. The summed E-state index contributed by atoms with van der Waals surface area (Å²) in [5.41, 5.74) is 7.14. The Hall–Kier alpha value is -1.82. The first-order valence-corrected chi connectivity index (χ1v) is 5.60. The highest BCUT2D eigenvalue weighted by Gasteiger charge is 2.07. The lowest BCUT2D eigenvalue weighted by atomic mass is 10.3. The first-order valence-electron chi connectivity index (χ1n) is 4.79. The van der Waals surface area contributed by atoms with Crippen molar-refractivity contribution in [3.8, 4) is 0 Å². The molecule has 0 aliphatic carbocycles. The Bertz CT molecular complexity index is 524. The van der Waals surface area contributed by atoms with E-state index in [9.17, 15) is 4.79 Å². The minimum absolute atomic E-state index is 0.337. The molecule has 84 valence electrons. The minimum atomic E-state index is -0.491. The van der Waals surface area contributed by atoms with E-state index in [1.807, 2.05) is 12.1 Å². The molecule has 5 nitrogen and oxygen atoms in total. The third-order valence-corrected chi connectivity index (χ3v) is 2.83. The molecule has 1 aromatic heterocycles. The van der Waals surface area contributed by atoms with Crippen molar-refractivity contribution in [3.05, 3.63) is 18.2 Å². The van der Waals surface area contributed by atoms with Gasteiger partial charge in [-0.15, -0.1) is 0 Å². The Labute approximate surface area is 96.2 Å². The molecule has 0 bridgehead atoms. The molecule has 2 rings (SSSR count). The number of thiazole rings is 1. The van der Waals surface area contributed by atoms with Gasteiger partial charge in [-0.1, -0.05) is 11.3 Å². The number of hydrogen-bond acceptors (Lipinski definition) is 5. The van der Waals surface area contributed by atoms with Crippen molar-refractivity contribution >= 4 is 38.5 Å². The Morgan fingerprint density at radius 1 is 1.62 bits per heavy atom. The number of carbonyl (C=O) groups is 1. The zero-order chi connectivity index (χ0) is 11.5. The Morgan fingerprint density at radius 3 is 3.19 bits per heavy atom. The molecule has 0 fully saturated rings. The predicted molar refractivity (Wildman–Crippen MR) is 64.7 cm³/mol. The number of benzene rings is 1. The van der Waals surface area contributed by atoms with Crippen molar-refractivity contribution < 1.29 is 9.53 Å². The second kappa shape index (κ2) is 4.36. The second-order valence-electron chi connectivity index (χ2n) is 3.09. The molecule has 0 saturated heterocycles. The Balaban J connectivity index is 2.23. The largest absolute Gasteiger partial charge is 0.450 e. The summed E-state index contributed by atoms with van der Waals surface area (Å²) in [6.45, 7) is 2.09. The number of nitrogen functional groups attached to an aromatic ring is 1. The molecule has 0 spiro atoms. The smallest absolute Gasteiger partial charge is 0.413 e. The van der Waals surface area contributed by atoms with Gasteiger partial charge in [0, 0.05) is 5.69 Å². The molecule has 1 aromatic carbocycles. The van der Waals surface area contributed by atoms with E-state index < -0.39 is 6.09 Å². The van der Waals surface area contributed by atoms with Crippen molar-refractivity contribution in [3.63, 3.8) is 0 Å². The van der Waals surface area contributed by atoms with Gasteiger partial charge in [-0.05, 0) is 25.1 Å². The fourth-order valence-corrected chi connectivity index (χ4v) is 2.15. The standard InChI is InChI=1S/C10H11N3O2S/c1-2-15-10(14)13-9-12-7-4-3-6(11)5-8(7)16-9/h3-5H,2,11H2,1H3,(H,12,13,14). The van der Waals surface area contributed by atoms with Crippen LogP contribution in [0.1, 0.15) is 6.92 Å². The lowest BCUT2D eigenvalue weighted by Gasteiger charge is -1.99. The molecule has 1 amide bonds. The van der Waals surface area contributed by atoms with Gasteiger partial charge < -0.3 is 10.5 Å². The highest BCUT2D eigenvalue weighted by molar-refractivity contribution is 7.22. The molecule has 0 unspecified atom stereocenters. The van der Waals surface area contributed by atoms with Crippen LogP contribution in [0, 0.1) is 0 Å². The predicted octanol–water partition coefficient (Wildman–Crippen LogP) is 2.45. The number of anilines is 2. The third-order valence-electron chi connectivity index (χ3n) is 1.90. The SMILES string of the molecule is CCOC(=O)Nc1nc2ccc(N)cc2s1. The number of rotatable bonds is 2. The molecular weight excluding hydrogens is 226 g/mol. The molecule has 1 heterocycles. The van der Waals surface area contributed by atoms with Gasteiger partial charge in [-0.3, -0.25) is 5.32 Å². The van der Waals surface area contributed by atoms with Crippen LogP contribution in [0.3, 0.4) is 0 Å². The van der Waals surface area contributed by atoms with Gasteiger partial charge in [0.1, 0.15) is 0 Å². The molecular formula is C10H11N3O2S. The van der Waals surface area contributed by atoms with Crippen LogP contribution in [0.15, 0.2) is 18.2 Å². The minimum Gasteiger partial charge on any atom is -0.450 e. The molecule has 0 saturated carbocycles. The van der Waals surface area contributed by atoms with E-state index in [1.165, 1.54) is 11.3 Å². The lowest BCUT2D eigenvalue weighted by molar-refractivity contribution is 0.168.